The molecule has 1 aromatic rings. The smallest absolute Gasteiger partial charge is 0.253 e. The Morgan fingerprint density at radius 1 is 1.20 bits per heavy atom. The van der Waals surface area contributed by atoms with Crippen molar-refractivity contribution in [2.75, 3.05) is 27.2 Å². The highest BCUT2D eigenvalue weighted by Crippen LogP contribution is 2.15. The predicted molar refractivity (Wildman–Crippen MR) is 103 cm³/mol. The maximum Gasteiger partial charge on any atom is 0.253 e. The number of rotatable bonds is 5. The van der Waals surface area contributed by atoms with E-state index >= 15 is 0 Å². The normalized spacial score (nSPS) is 15.0. The summed E-state index contributed by atoms with van der Waals surface area (Å²) in [7, 11) is 3.79. The Morgan fingerprint density at radius 2 is 1.76 bits per heavy atom. The van der Waals surface area contributed by atoms with E-state index < -0.39 is 0 Å². The fourth-order valence-corrected chi connectivity index (χ4v) is 3.10. The van der Waals surface area contributed by atoms with Gasteiger partial charge in [0.25, 0.3) is 5.91 Å². The van der Waals surface area contributed by atoms with E-state index in [9.17, 15) is 9.59 Å². The largest absolute Gasteiger partial charge is 0.341 e. The molecule has 0 saturated carbocycles. The van der Waals surface area contributed by atoms with Crippen LogP contribution in [0, 0.1) is 5.92 Å². The third-order valence-electron chi connectivity index (χ3n) is 4.68. The highest BCUT2D eigenvalue weighted by Gasteiger charge is 2.22. The Morgan fingerprint density at radius 3 is 2.24 bits per heavy atom. The molecule has 0 aromatic heterocycles. The van der Waals surface area contributed by atoms with E-state index in [-0.39, 0.29) is 30.1 Å². The molecule has 0 aliphatic carbocycles. The Bertz CT molecular complexity index is 567. The molecule has 1 aromatic carbocycles. The van der Waals surface area contributed by atoms with Gasteiger partial charge in [-0.05, 0) is 37.6 Å². The topological polar surface area (TPSA) is 52.7 Å². The number of benzene rings is 1. The Balaban J connectivity index is 0.00000312. The average molecular weight is 368 g/mol. The van der Waals surface area contributed by atoms with Crippen molar-refractivity contribution < 1.29 is 9.59 Å². The fraction of sp³-hybridized carbons (Fsp3) is 0.579. The Kier molecular flexibility index (Phi) is 8.39. The van der Waals surface area contributed by atoms with E-state index in [4.69, 9.17) is 0 Å². The molecular weight excluding hydrogens is 338 g/mol. The van der Waals surface area contributed by atoms with Crippen LogP contribution in [0.4, 0.5) is 0 Å². The molecule has 6 heteroatoms. The second-order valence-corrected chi connectivity index (χ2v) is 6.90. The van der Waals surface area contributed by atoms with Crippen LogP contribution in [0.2, 0.25) is 0 Å². The van der Waals surface area contributed by atoms with Gasteiger partial charge in [-0.1, -0.05) is 26.0 Å². The molecule has 0 atom stereocenters. The monoisotopic (exact) mass is 367 g/mol. The highest BCUT2D eigenvalue weighted by atomic mass is 35.5. The van der Waals surface area contributed by atoms with Crippen molar-refractivity contribution in [3.05, 3.63) is 35.4 Å². The van der Waals surface area contributed by atoms with Crippen LogP contribution in [0.5, 0.6) is 0 Å². The van der Waals surface area contributed by atoms with Crippen LogP contribution >= 0.6 is 12.4 Å². The number of nitrogens with one attached hydrogen (secondary N) is 1. The van der Waals surface area contributed by atoms with E-state index in [1.807, 2.05) is 57.1 Å². The molecular formula is C19H30ClN3O2. The molecule has 2 amide bonds. The van der Waals surface area contributed by atoms with Gasteiger partial charge in [0, 0.05) is 44.2 Å². The van der Waals surface area contributed by atoms with Gasteiger partial charge in [-0.3, -0.25) is 9.59 Å². The van der Waals surface area contributed by atoms with Crippen molar-refractivity contribution in [2.24, 2.45) is 5.92 Å². The molecule has 1 aliphatic rings. The Labute approximate surface area is 157 Å². The van der Waals surface area contributed by atoms with Gasteiger partial charge in [-0.25, -0.2) is 0 Å². The molecule has 0 bridgehead atoms. The number of halogens is 1. The van der Waals surface area contributed by atoms with Crippen LogP contribution < -0.4 is 5.32 Å². The summed E-state index contributed by atoms with van der Waals surface area (Å²) in [4.78, 5) is 28.2. The van der Waals surface area contributed by atoms with Gasteiger partial charge in [0.2, 0.25) is 5.91 Å². The van der Waals surface area contributed by atoms with Gasteiger partial charge in [0.1, 0.15) is 0 Å². The zero-order valence-electron chi connectivity index (χ0n) is 15.6. The van der Waals surface area contributed by atoms with Crippen molar-refractivity contribution in [2.45, 2.75) is 39.3 Å². The molecule has 5 nitrogen and oxygen atoms in total. The van der Waals surface area contributed by atoms with Crippen LogP contribution in [0.15, 0.2) is 24.3 Å². The highest BCUT2D eigenvalue weighted by molar-refractivity contribution is 5.94. The number of piperidine rings is 1. The standard InChI is InChI=1S/C19H29N3O2.ClH/c1-14(2)18(23)21(4)13-15-5-7-16(8-6-15)19(24)22-11-9-17(20-3)10-12-22;/h5-8,14,17,20H,9-13H2,1-4H3;1H. The first-order valence-corrected chi connectivity index (χ1v) is 8.72. The Hall–Kier alpha value is -1.59. The summed E-state index contributed by atoms with van der Waals surface area (Å²) in [6.45, 7) is 5.98. The maximum absolute atomic E-state index is 12.6. The first kappa shape index (κ1) is 21.5. The molecule has 25 heavy (non-hydrogen) atoms. The fourth-order valence-electron chi connectivity index (χ4n) is 3.10. The number of carbonyl (C=O) groups is 2. The number of carbonyl (C=O) groups excluding carboxylic acids is 2. The molecule has 140 valence electrons. The molecule has 1 fully saturated rings. The lowest BCUT2D eigenvalue weighted by atomic mass is 10.0. The lowest BCUT2D eigenvalue weighted by molar-refractivity contribution is -0.133. The van der Waals surface area contributed by atoms with Gasteiger partial charge in [0.15, 0.2) is 0 Å². The lowest BCUT2D eigenvalue weighted by Crippen LogP contribution is -2.43. The van der Waals surface area contributed by atoms with Crippen LogP contribution in [0.3, 0.4) is 0 Å². The van der Waals surface area contributed by atoms with E-state index in [0.717, 1.165) is 37.1 Å². The first-order chi connectivity index (χ1) is 11.4. The second kappa shape index (κ2) is 9.78. The van der Waals surface area contributed by atoms with Gasteiger partial charge in [0.05, 0.1) is 0 Å². The van der Waals surface area contributed by atoms with Crippen LogP contribution in [-0.2, 0) is 11.3 Å². The van der Waals surface area contributed by atoms with E-state index in [2.05, 4.69) is 5.32 Å². The average Bonchev–Trinajstić information content (AvgIpc) is 2.61. The van der Waals surface area contributed by atoms with Gasteiger partial charge >= 0.3 is 0 Å². The van der Waals surface area contributed by atoms with Crippen molar-refractivity contribution >= 4 is 24.2 Å². The minimum Gasteiger partial charge on any atom is -0.341 e. The summed E-state index contributed by atoms with van der Waals surface area (Å²) in [6.07, 6.45) is 2.00. The summed E-state index contributed by atoms with van der Waals surface area (Å²) < 4.78 is 0. The molecule has 1 N–H and O–H groups in total. The maximum atomic E-state index is 12.6. The van der Waals surface area contributed by atoms with Crippen LogP contribution in [0.25, 0.3) is 0 Å². The summed E-state index contributed by atoms with van der Waals surface area (Å²) in [5, 5.41) is 3.28. The number of nitrogens with zero attached hydrogens (tertiary/aromatic N) is 2. The molecule has 0 unspecified atom stereocenters. The zero-order valence-corrected chi connectivity index (χ0v) is 16.4. The minimum atomic E-state index is -0.00334. The van der Waals surface area contributed by atoms with Crippen molar-refractivity contribution in [1.29, 1.82) is 0 Å². The van der Waals surface area contributed by atoms with Crippen LogP contribution in [0.1, 0.15) is 42.6 Å². The van der Waals surface area contributed by atoms with Crippen molar-refractivity contribution in [1.82, 2.24) is 15.1 Å². The van der Waals surface area contributed by atoms with Gasteiger partial charge in [-0.2, -0.15) is 0 Å². The quantitative estimate of drug-likeness (QED) is 0.870. The summed E-state index contributed by atoms with van der Waals surface area (Å²) >= 11 is 0. The molecule has 1 saturated heterocycles. The number of hydrogen-bond donors (Lipinski definition) is 1. The van der Waals surface area contributed by atoms with E-state index in [1.54, 1.807) is 4.90 Å². The molecule has 2 rings (SSSR count). The van der Waals surface area contributed by atoms with E-state index in [0.29, 0.717) is 12.6 Å². The minimum absolute atomic E-state index is 0. The predicted octanol–water partition coefficient (Wildman–Crippen LogP) is 2.55. The van der Waals surface area contributed by atoms with Gasteiger partial charge in [-0.15, -0.1) is 12.4 Å². The summed E-state index contributed by atoms with van der Waals surface area (Å²) in [5.74, 6) is 0.224. The summed E-state index contributed by atoms with van der Waals surface area (Å²) in [5.41, 5.74) is 1.76. The molecule has 0 spiro atoms. The van der Waals surface area contributed by atoms with Crippen molar-refractivity contribution in [3.63, 3.8) is 0 Å². The molecule has 1 aliphatic heterocycles. The summed E-state index contributed by atoms with van der Waals surface area (Å²) in [6, 6.07) is 8.14. The zero-order chi connectivity index (χ0) is 17.7. The number of amides is 2. The lowest BCUT2D eigenvalue weighted by Gasteiger charge is -2.31. The second-order valence-electron chi connectivity index (χ2n) is 6.90. The SMILES string of the molecule is CNC1CCN(C(=O)c2ccc(CN(C)C(=O)C(C)C)cc2)CC1.Cl. The van der Waals surface area contributed by atoms with E-state index in [1.165, 1.54) is 0 Å². The van der Waals surface area contributed by atoms with Gasteiger partial charge < -0.3 is 15.1 Å². The molecule has 0 radical (unpaired) electrons. The van der Waals surface area contributed by atoms with Crippen LogP contribution in [-0.4, -0.2) is 54.8 Å². The van der Waals surface area contributed by atoms with Crippen molar-refractivity contribution in [3.8, 4) is 0 Å². The first-order valence-electron chi connectivity index (χ1n) is 8.72. The number of hydrogen-bond acceptors (Lipinski definition) is 3. The third kappa shape index (κ3) is 5.72. The third-order valence-corrected chi connectivity index (χ3v) is 4.68. The number of likely N-dealkylation sites (tertiary alicyclic amines) is 1. The molecule has 1 heterocycles.